The molecule has 5 heteroatoms. The van der Waals surface area contributed by atoms with E-state index in [1.807, 2.05) is 25.1 Å². The zero-order chi connectivity index (χ0) is 15.7. The van der Waals surface area contributed by atoms with E-state index in [0.29, 0.717) is 16.1 Å². The molecule has 0 atom stereocenters. The van der Waals surface area contributed by atoms with Gasteiger partial charge in [-0.25, -0.2) is 4.79 Å². The van der Waals surface area contributed by atoms with Gasteiger partial charge in [0.1, 0.15) is 5.00 Å². The molecule has 2 aromatic rings. The predicted octanol–water partition coefficient (Wildman–Crippen LogP) is 3.58. The first-order valence-electron chi connectivity index (χ1n) is 7.21. The second-order valence-electron chi connectivity index (χ2n) is 5.38. The zero-order valence-electron chi connectivity index (χ0n) is 12.6. The summed E-state index contributed by atoms with van der Waals surface area (Å²) in [6.07, 6.45) is 2.89. The Morgan fingerprint density at radius 1 is 1.27 bits per heavy atom. The maximum atomic E-state index is 12.4. The van der Waals surface area contributed by atoms with Crippen LogP contribution < -0.4 is 5.32 Å². The van der Waals surface area contributed by atoms with Gasteiger partial charge in [-0.1, -0.05) is 17.7 Å². The monoisotopic (exact) mass is 315 g/mol. The smallest absolute Gasteiger partial charge is 0.341 e. The molecule has 1 aliphatic carbocycles. The molecule has 1 aromatic carbocycles. The number of carbonyl (C=O) groups excluding carboxylic acids is 2. The number of amides is 1. The Bertz CT molecular complexity index is 748. The molecule has 1 amide bonds. The van der Waals surface area contributed by atoms with Crippen molar-refractivity contribution in [2.45, 2.75) is 26.2 Å². The van der Waals surface area contributed by atoms with Crippen molar-refractivity contribution < 1.29 is 14.3 Å². The molecule has 0 fully saturated rings. The lowest BCUT2D eigenvalue weighted by molar-refractivity contribution is 0.0601. The summed E-state index contributed by atoms with van der Waals surface area (Å²) in [6, 6.07) is 7.38. The number of methoxy groups -OCH3 is 1. The van der Waals surface area contributed by atoms with Gasteiger partial charge in [-0.05, 0) is 43.9 Å². The van der Waals surface area contributed by atoms with Gasteiger partial charge < -0.3 is 10.1 Å². The highest BCUT2D eigenvalue weighted by Crippen LogP contribution is 2.39. The number of hydrogen-bond acceptors (Lipinski definition) is 4. The fraction of sp³-hybridized carbons (Fsp3) is 0.294. The van der Waals surface area contributed by atoms with E-state index >= 15 is 0 Å². The predicted molar refractivity (Wildman–Crippen MR) is 86.8 cm³/mol. The van der Waals surface area contributed by atoms with Gasteiger partial charge in [0.2, 0.25) is 0 Å². The Balaban J connectivity index is 1.92. The number of fused-ring (bicyclic) bond motifs is 1. The van der Waals surface area contributed by atoms with Crippen LogP contribution in [0.2, 0.25) is 0 Å². The molecule has 0 saturated carbocycles. The van der Waals surface area contributed by atoms with E-state index < -0.39 is 0 Å². The maximum Gasteiger partial charge on any atom is 0.341 e. The first-order valence-corrected chi connectivity index (χ1v) is 8.02. The van der Waals surface area contributed by atoms with Crippen molar-refractivity contribution in [1.29, 1.82) is 0 Å². The molecule has 1 heterocycles. The second-order valence-corrected chi connectivity index (χ2v) is 6.48. The van der Waals surface area contributed by atoms with Gasteiger partial charge in [0.25, 0.3) is 5.91 Å². The Hall–Kier alpha value is -2.14. The van der Waals surface area contributed by atoms with E-state index in [1.54, 1.807) is 6.07 Å². The van der Waals surface area contributed by atoms with Gasteiger partial charge in [0.15, 0.2) is 0 Å². The molecule has 0 saturated heterocycles. The summed E-state index contributed by atoms with van der Waals surface area (Å²) in [4.78, 5) is 25.6. The van der Waals surface area contributed by atoms with Crippen LogP contribution in [-0.4, -0.2) is 19.0 Å². The fourth-order valence-electron chi connectivity index (χ4n) is 2.77. The van der Waals surface area contributed by atoms with Crippen molar-refractivity contribution in [3.8, 4) is 0 Å². The fourth-order valence-corrected chi connectivity index (χ4v) is 4.04. The number of ether oxygens (including phenoxy) is 1. The van der Waals surface area contributed by atoms with Crippen molar-refractivity contribution in [3.63, 3.8) is 0 Å². The van der Waals surface area contributed by atoms with Crippen molar-refractivity contribution in [3.05, 3.63) is 51.4 Å². The molecule has 4 nitrogen and oxygen atoms in total. The lowest BCUT2D eigenvalue weighted by Crippen LogP contribution is -2.14. The summed E-state index contributed by atoms with van der Waals surface area (Å²) in [7, 11) is 1.37. The van der Waals surface area contributed by atoms with Crippen LogP contribution in [0.5, 0.6) is 0 Å². The number of anilines is 1. The minimum Gasteiger partial charge on any atom is -0.465 e. The number of hydrogen-bond donors (Lipinski definition) is 1. The summed E-state index contributed by atoms with van der Waals surface area (Å²) in [5.41, 5.74) is 3.18. The van der Waals surface area contributed by atoms with Gasteiger partial charge >= 0.3 is 5.97 Å². The number of thiophene rings is 1. The number of rotatable bonds is 3. The summed E-state index contributed by atoms with van der Waals surface area (Å²) in [5, 5.41) is 3.48. The molecule has 0 aliphatic heterocycles. The second kappa shape index (κ2) is 5.93. The van der Waals surface area contributed by atoms with Crippen LogP contribution in [0.1, 0.15) is 43.1 Å². The van der Waals surface area contributed by atoms with E-state index in [-0.39, 0.29) is 11.9 Å². The first kappa shape index (κ1) is 14.8. The van der Waals surface area contributed by atoms with E-state index in [9.17, 15) is 9.59 Å². The molecule has 114 valence electrons. The molecule has 1 N–H and O–H groups in total. The van der Waals surface area contributed by atoms with E-state index in [0.717, 1.165) is 30.4 Å². The third kappa shape index (κ3) is 2.64. The summed E-state index contributed by atoms with van der Waals surface area (Å²) >= 11 is 1.49. The number of aryl methyl sites for hydroxylation is 2. The Kier molecular flexibility index (Phi) is 3.98. The quantitative estimate of drug-likeness (QED) is 0.881. The van der Waals surface area contributed by atoms with Gasteiger partial charge in [-0.3, -0.25) is 4.79 Å². The lowest BCUT2D eigenvalue weighted by atomic mass is 10.1. The van der Waals surface area contributed by atoms with Gasteiger partial charge in [-0.15, -0.1) is 11.3 Å². The molecule has 0 radical (unpaired) electrons. The topological polar surface area (TPSA) is 55.4 Å². The molecular weight excluding hydrogens is 298 g/mol. The zero-order valence-corrected chi connectivity index (χ0v) is 13.4. The third-order valence-corrected chi connectivity index (χ3v) is 5.03. The molecule has 0 spiro atoms. The maximum absolute atomic E-state index is 12.4. The van der Waals surface area contributed by atoms with E-state index in [2.05, 4.69) is 5.32 Å². The minimum atomic E-state index is -0.376. The van der Waals surface area contributed by atoms with Gasteiger partial charge in [0, 0.05) is 10.4 Å². The molecule has 0 unspecified atom stereocenters. The molecule has 22 heavy (non-hydrogen) atoms. The van der Waals surface area contributed by atoms with E-state index in [1.165, 1.54) is 23.3 Å². The summed E-state index contributed by atoms with van der Waals surface area (Å²) in [6.45, 7) is 1.94. The average molecular weight is 315 g/mol. The highest BCUT2D eigenvalue weighted by Gasteiger charge is 2.28. The highest BCUT2D eigenvalue weighted by atomic mass is 32.1. The Labute approximate surface area is 133 Å². The molecular formula is C17H17NO3S. The molecule has 0 bridgehead atoms. The molecule has 1 aliphatic rings. The largest absolute Gasteiger partial charge is 0.465 e. The van der Waals surface area contributed by atoms with Crippen LogP contribution in [-0.2, 0) is 17.6 Å². The van der Waals surface area contributed by atoms with E-state index in [4.69, 9.17) is 4.74 Å². The van der Waals surface area contributed by atoms with Crippen molar-refractivity contribution in [1.82, 2.24) is 0 Å². The first-order chi connectivity index (χ1) is 10.6. The number of nitrogens with one attached hydrogen (secondary N) is 1. The summed E-state index contributed by atoms with van der Waals surface area (Å²) < 4.78 is 4.88. The number of carbonyl (C=O) groups is 2. The highest BCUT2D eigenvalue weighted by molar-refractivity contribution is 7.17. The SMILES string of the molecule is COC(=O)c1c(NC(=O)c2cccc(C)c2)sc2c1CCC2. The molecule has 3 rings (SSSR count). The Morgan fingerprint density at radius 2 is 2.09 bits per heavy atom. The molecule has 1 aromatic heterocycles. The number of esters is 1. The van der Waals surface area contributed by atoms with Gasteiger partial charge in [0.05, 0.1) is 12.7 Å². The van der Waals surface area contributed by atoms with Gasteiger partial charge in [-0.2, -0.15) is 0 Å². The van der Waals surface area contributed by atoms with Crippen molar-refractivity contribution in [2.24, 2.45) is 0 Å². The van der Waals surface area contributed by atoms with Crippen LogP contribution in [0.4, 0.5) is 5.00 Å². The van der Waals surface area contributed by atoms with Crippen molar-refractivity contribution >= 4 is 28.2 Å². The third-order valence-electron chi connectivity index (χ3n) is 3.82. The van der Waals surface area contributed by atoms with Crippen LogP contribution in [0.3, 0.4) is 0 Å². The van der Waals surface area contributed by atoms with Crippen LogP contribution >= 0.6 is 11.3 Å². The Morgan fingerprint density at radius 3 is 2.82 bits per heavy atom. The lowest BCUT2D eigenvalue weighted by Gasteiger charge is -2.07. The number of benzene rings is 1. The van der Waals surface area contributed by atoms with Crippen LogP contribution in [0.15, 0.2) is 24.3 Å². The normalized spacial score (nSPS) is 12.8. The van der Waals surface area contributed by atoms with Crippen LogP contribution in [0.25, 0.3) is 0 Å². The minimum absolute atomic E-state index is 0.200. The van der Waals surface area contributed by atoms with Crippen LogP contribution in [0, 0.1) is 6.92 Å². The standard InChI is InChI=1S/C17H17NO3S/c1-10-5-3-6-11(9-10)15(19)18-16-14(17(20)21-2)12-7-4-8-13(12)22-16/h3,5-6,9H,4,7-8H2,1-2H3,(H,18,19). The van der Waals surface area contributed by atoms with Crippen molar-refractivity contribution in [2.75, 3.05) is 12.4 Å². The summed E-state index contributed by atoms with van der Waals surface area (Å²) in [5.74, 6) is -0.576. The average Bonchev–Trinajstić information content (AvgIpc) is 3.07.